The van der Waals surface area contributed by atoms with Crippen LogP contribution in [0.25, 0.3) is 0 Å². The lowest BCUT2D eigenvalue weighted by Crippen LogP contribution is -2.56. The molecule has 0 radical (unpaired) electrons. The standard InChI is InChI=1S/C32H47NO2/c1-9-11-25-29(5,6)27(35)21(20-33)17-31(25,8)22-16-24(34)26-23-19-28(3,4)12-14-32(23,10-2)15-13-30(26,7)18-22/h16-17,23,25-26H,9-15,18-19H2,1-8H3. The van der Waals surface area contributed by atoms with Crippen LogP contribution in [0.1, 0.15) is 113 Å². The van der Waals surface area contributed by atoms with Crippen LogP contribution in [0.3, 0.4) is 0 Å². The molecule has 6 unspecified atom stereocenters. The molecule has 4 rings (SSSR count). The molecule has 0 spiro atoms. The highest BCUT2D eigenvalue weighted by Crippen LogP contribution is 2.67. The van der Waals surface area contributed by atoms with Crippen LogP contribution < -0.4 is 0 Å². The number of carbonyl (C=O) groups is 2. The van der Waals surface area contributed by atoms with E-state index in [0.717, 1.165) is 37.7 Å². The maximum Gasteiger partial charge on any atom is 0.178 e. The van der Waals surface area contributed by atoms with Gasteiger partial charge in [0.05, 0.1) is 5.57 Å². The minimum Gasteiger partial charge on any atom is -0.295 e. The van der Waals surface area contributed by atoms with Gasteiger partial charge in [-0.15, -0.1) is 0 Å². The van der Waals surface area contributed by atoms with Gasteiger partial charge in [0.1, 0.15) is 6.07 Å². The number of ketones is 2. The molecule has 0 saturated heterocycles. The van der Waals surface area contributed by atoms with E-state index in [4.69, 9.17) is 0 Å². The molecule has 0 aromatic heterocycles. The first kappa shape index (κ1) is 26.4. The highest BCUT2D eigenvalue weighted by Gasteiger charge is 2.61. The van der Waals surface area contributed by atoms with Crippen molar-refractivity contribution < 1.29 is 9.59 Å². The average molecular weight is 478 g/mol. The summed E-state index contributed by atoms with van der Waals surface area (Å²) in [5, 5.41) is 9.84. The maximum absolute atomic E-state index is 14.2. The minimum atomic E-state index is -0.621. The molecule has 0 aromatic carbocycles. The summed E-state index contributed by atoms with van der Waals surface area (Å²) >= 11 is 0. The molecule has 0 aromatic rings. The van der Waals surface area contributed by atoms with E-state index in [2.05, 4.69) is 47.6 Å². The van der Waals surface area contributed by atoms with Crippen LogP contribution in [0, 0.1) is 56.2 Å². The Morgan fingerprint density at radius 3 is 2.26 bits per heavy atom. The first-order chi connectivity index (χ1) is 16.2. The van der Waals surface area contributed by atoms with Crippen LogP contribution in [0.15, 0.2) is 23.3 Å². The summed E-state index contributed by atoms with van der Waals surface area (Å²) in [4.78, 5) is 27.4. The summed E-state index contributed by atoms with van der Waals surface area (Å²) in [6, 6.07) is 2.20. The van der Waals surface area contributed by atoms with Crippen molar-refractivity contribution >= 4 is 11.6 Å². The van der Waals surface area contributed by atoms with Crippen molar-refractivity contribution in [3.8, 4) is 6.07 Å². The molecule has 4 aliphatic rings. The molecule has 4 aliphatic carbocycles. The van der Waals surface area contributed by atoms with E-state index in [0.29, 0.717) is 22.5 Å². The summed E-state index contributed by atoms with van der Waals surface area (Å²) in [5.74, 6) is 0.889. The number of rotatable bonds is 4. The zero-order chi connectivity index (χ0) is 26.0. The Morgan fingerprint density at radius 2 is 1.66 bits per heavy atom. The number of fused-ring (bicyclic) bond motifs is 3. The summed E-state index contributed by atoms with van der Waals surface area (Å²) in [6.45, 7) is 17.9. The fraction of sp³-hybridized carbons (Fsp3) is 0.781. The number of nitrogens with zero attached hydrogens (tertiary/aromatic N) is 1. The Balaban J connectivity index is 1.82. The molecular formula is C32H47NO2. The predicted octanol–water partition coefficient (Wildman–Crippen LogP) is 8.01. The molecule has 6 atom stereocenters. The van der Waals surface area contributed by atoms with Crippen LogP contribution in [-0.2, 0) is 9.59 Å². The average Bonchev–Trinajstić information content (AvgIpc) is 2.78. The maximum atomic E-state index is 14.2. The molecule has 0 N–H and O–H groups in total. The smallest absolute Gasteiger partial charge is 0.178 e. The molecular weight excluding hydrogens is 430 g/mol. The Morgan fingerprint density at radius 1 is 1.00 bits per heavy atom. The van der Waals surface area contributed by atoms with Crippen molar-refractivity contribution in [1.82, 2.24) is 0 Å². The highest BCUT2D eigenvalue weighted by atomic mass is 16.1. The van der Waals surface area contributed by atoms with E-state index >= 15 is 0 Å². The monoisotopic (exact) mass is 477 g/mol. The number of nitriles is 1. The second-order valence-electron chi connectivity index (χ2n) is 14.4. The van der Waals surface area contributed by atoms with Crippen molar-refractivity contribution in [3.63, 3.8) is 0 Å². The molecule has 192 valence electrons. The lowest BCUT2D eigenvalue weighted by molar-refractivity contribution is -0.146. The fourth-order valence-electron chi connectivity index (χ4n) is 9.16. The predicted molar refractivity (Wildman–Crippen MR) is 141 cm³/mol. The van der Waals surface area contributed by atoms with E-state index in [1.165, 1.54) is 25.7 Å². The molecule has 0 heterocycles. The molecule has 0 amide bonds. The van der Waals surface area contributed by atoms with Gasteiger partial charge in [-0.2, -0.15) is 5.26 Å². The third kappa shape index (κ3) is 3.89. The molecule has 3 heteroatoms. The first-order valence-electron chi connectivity index (χ1n) is 14.1. The van der Waals surface area contributed by atoms with Gasteiger partial charge in [0.2, 0.25) is 0 Å². The normalized spacial score (nSPS) is 42.3. The summed E-state index contributed by atoms with van der Waals surface area (Å²) < 4.78 is 0. The third-order valence-electron chi connectivity index (χ3n) is 11.4. The van der Waals surface area contributed by atoms with Gasteiger partial charge in [-0.1, -0.05) is 79.9 Å². The van der Waals surface area contributed by atoms with E-state index in [9.17, 15) is 14.9 Å². The SMILES string of the molecule is CCCC1C(C)(C)C(=O)C(C#N)=CC1(C)C1=CC(=O)C2C3CC(C)(C)CCC3(CC)CCC2(C)C1. The van der Waals surface area contributed by atoms with Crippen molar-refractivity contribution in [2.45, 2.75) is 113 Å². The van der Waals surface area contributed by atoms with Gasteiger partial charge in [-0.3, -0.25) is 9.59 Å². The van der Waals surface area contributed by atoms with Gasteiger partial charge in [0.15, 0.2) is 11.6 Å². The minimum absolute atomic E-state index is 0.0439. The van der Waals surface area contributed by atoms with Crippen LogP contribution in [0.4, 0.5) is 0 Å². The molecule has 0 bridgehead atoms. The second kappa shape index (κ2) is 8.43. The Kier molecular flexibility index (Phi) is 6.35. The fourth-order valence-corrected chi connectivity index (χ4v) is 9.16. The van der Waals surface area contributed by atoms with Gasteiger partial charge < -0.3 is 0 Å². The molecule has 35 heavy (non-hydrogen) atoms. The number of hydrogen-bond donors (Lipinski definition) is 0. The summed E-state index contributed by atoms with van der Waals surface area (Å²) in [7, 11) is 0. The number of hydrogen-bond acceptors (Lipinski definition) is 3. The van der Waals surface area contributed by atoms with Gasteiger partial charge >= 0.3 is 0 Å². The molecule has 3 nitrogen and oxygen atoms in total. The number of Topliss-reactive ketones (excluding diaryl/α,β-unsaturated/α-hetero) is 1. The van der Waals surface area contributed by atoms with Crippen molar-refractivity contribution in [1.29, 1.82) is 5.26 Å². The van der Waals surface area contributed by atoms with Crippen LogP contribution >= 0.6 is 0 Å². The molecule has 2 saturated carbocycles. The lowest BCUT2D eigenvalue weighted by atomic mass is 9.42. The largest absolute Gasteiger partial charge is 0.295 e. The van der Waals surface area contributed by atoms with Gasteiger partial charge in [-0.25, -0.2) is 0 Å². The van der Waals surface area contributed by atoms with E-state index in [1.54, 1.807) is 0 Å². The zero-order valence-corrected chi connectivity index (χ0v) is 23.5. The van der Waals surface area contributed by atoms with Crippen molar-refractivity contribution in [2.24, 2.45) is 44.8 Å². The number of allylic oxidation sites excluding steroid dienone is 4. The van der Waals surface area contributed by atoms with Crippen LogP contribution in [0.2, 0.25) is 0 Å². The topological polar surface area (TPSA) is 57.9 Å². The third-order valence-corrected chi connectivity index (χ3v) is 11.4. The Hall–Kier alpha value is -1.69. The quantitative estimate of drug-likeness (QED) is 0.412. The van der Waals surface area contributed by atoms with Crippen LogP contribution in [-0.4, -0.2) is 11.6 Å². The summed E-state index contributed by atoms with van der Waals surface area (Å²) in [6.07, 6.45) is 13.8. The van der Waals surface area contributed by atoms with Gasteiger partial charge in [0.25, 0.3) is 0 Å². The number of carbonyl (C=O) groups excluding carboxylic acids is 2. The van der Waals surface area contributed by atoms with Gasteiger partial charge in [-0.05, 0) is 79.1 Å². The van der Waals surface area contributed by atoms with Crippen LogP contribution in [0.5, 0.6) is 0 Å². The Labute approximate surface area is 213 Å². The Bertz CT molecular complexity index is 1020. The summed E-state index contributed by atoms with van der Waals surface area (Å²) in [5.41, 5.74) is 0.908. The van der Waals surface area contributed by atoms with E-state index in [-0.39, 0.29) is 28.6 Å². The molecule has 0 aliphatic heterocycles. The second-order valence-corrected chi connectivity index (χ2v) is 14.4. The molecule has 2 fully saturated rings. The zero-order valence-electron chi connectivity index (χ0n) is 23.5. The first-order valence-corrected chi connectivity index (χ1v) is 14.1. The highest BCUT2D eigenvalue weighted by molar-refractivity contribution is 6.04. The lowest BCUT2D eigenvalue weighted by Gasteiger charge is -2.62. The van der Waals surface area contributed by atoms with E-state index < -0.39 is 10.8 Å². The van der Waals surface area contributed by atoms with Crippen molar-refractivity contribution in [3.05, 3.63) is 23.3 Å². The van der Waals surface area contributed by atoms with Gasteiger partial charge in [0, 0.05) is 16.7 Å². The van der Waals surface area contributed by atoms with Crippen molar-refractivity contribution in [2.75, 3.05) is 0 Å². The van der Waals surface area contributed by atoms with E-state index in [1.807, 2.05) is 26.0 Å².